The Hall–Kier alpha value is -3.67. The van der Waals surface area contributed by atoms with Crippen molar-refractivity contribution in [1.29, 1.82) is 0 Å². The van der Waals surface area contributed by atoms with Gasteiger partial charge in [-0.25, -0.2) is 0 Å². The quantitative estimate of drug-likeness (QED) is 0.319. The average Bonchev–Trinajstić information content (AvgIpc) is 2.84. The normalized spacial score (nSPS) is 12.8. The number of benzene rings is 4. The van der Waals surface area contributed by atoms with Gasteiger partial charge < -0.3 is 4.90 Å². The van der Waals surface area contributed by atoms with E-state index >= 15 is 0 Å². The molecule has 0 N–H and O–H groups in total. The molecule has 4 aromatic rings. The standard InChI is InChI=1S/C27H18Cl2N2O3/c28-19-14-18(15-20(29)16-19)25(32)30(21-8-2-1-3-9-21)12-13-31-26(33)22-10-4-6-17-7-5-11-23(24(17)22)27(31)34/h1-11,14-16H,12-13H2. The Kier molecular flexibility index (Phi) is 5.82. The van der Waals surface area contributed by atoms with Gasteiger partial charge in [-0.1, -0.05) is 65.7 Å². The van der Waals surface area contributed by atoms with Gasteiger partial charge in [-0.2, -0.15) is 0 Å². The summed E-state index contributed by atoms with van der Waals surface area (Å²) >= 11 is 12.2. The van der Waals surface area contributed by atoms with Gasteiger partial charge in [0.05, 0.1) is 0 Å². The molecule has 1 aliphatic rings. The Morgan fingerprint density at radius 2 is 1.35 bits per heavy atom. The third-order valence-electron chi connectivity index (χ3n) is 5.83. The van der Waals surface area contributed by atoms with E-state index in [1.165, 1.54) is 9.80 Å². The fourth-order valence-corrected chi connectivity index (χ4v) is 4.80. The van der Waals surface area contributed by atoms with Gasteiger partial charge in [0, 0.05) is 50.9 Å². The van der Waals surface area contributed by atoms with Crippen LogP contribution in [0.25, 0.3) is 10.8 Å². The number of carbonyl (C=O) groups excluding carboxylic acids is 3. The summed E-state index contributed by atoms with van der Waals surface area (Å²) in [6.45, 7) is 0.125. The van der Waals surface area contributed by atoms with Crippen molar-refractivity contribution in [2.24, 2.45) is 0 Å². The molecule has 34 heavy (non-hydrogen) atoms. The molecule has 5 nitrogen and oxygen atoms in total. The van der Waals surface area contributed by atoms with Crippen LogP contribution < -0.4 is 4.90 Å². The van der Waals surface area contributed by atoms with E-state index in [9.17, 15) is 14.4 Å². The summed E-state index contributed by atoms with van der Waals surface area (Å²) in [6, 6.07) is 24.5. The lowest BCUT2D eigenvalue weighted by Crippen LogP contribution is -2.46. The Balaban J connectivity index is 1.48. The second-order valence-electron chi connectivity index (χ2n) is 7.92. The molecule has 0 aliphatic carbocycles. The number of imide groups is 1. The Labute approximate surface area is 206 Å². The Bertz CT molecular complexity index is 1380. The third kappa shape index (κ3) is 3.94. The number of hydrogen-bond donors (Lipinski definition) is 0. The largest absolute Gasteiger partial charge is 0.307 e. The van der Waals surface area contributed by atoms with Gasteiger partial charge in [0.25, 0.3) is 17.7 Å². The number of para-hydroxylation sites is 1. The highest BCUT2D eigenvalue weighted by Crippen LogP contribution is 2.30. The van der Waals surface area contributed by atoms with Crippen LogP contribution in [0.5, 0.6) is 0 Å². The zero-order valence-electron chi connectivity index (χ0n) is 17.9. The van der Waals surface area contributed by atoms with Crippen molar-refractivity contribution in [3.63, 3.8) is 0 Å². The highest BCUT2D eigenvalue weighted by Gasteiger charge is 2.33. The van der Waals surface area contributed by atoms with Gasteiger partial charge in [-0.05, 0) is 47.9 Å². The molecule has 0 radical (unpaired) electrons. The predicted molar refractivity (Wildman–Crippen MR) is 134 cm³/mol. The van der Waals surface area contributed by atoms with E-state index in [0.29, 0.717) is 37.8 Å². The van der Waals surface area contributed by atoms with Crippen LogP contribution in [-0.4, -0.2) is 35.7 Å². The van der Waals surface area contributed by atoms with Gasteiger partial charge >= 0.3 is 0 Å². The zero-order chi connectivity index (χ0) is 23.8. The lowest BCUT2D eigenvalue weighted by atomic mass is 9.94. The molecule has 0 fully saturated rings. The molecule has 0 saturated carbocycles. The van der Waals surface area contributed by atoms with Crippen LogP contribution in [0, 0.1) is 0 Å². The molecule has 0 spiro atoms. The zero-order valence-corrected chi connectivity index (χ0v) is 19.4. The molecule has 5 rings (SSSR count). The van der Waals surface area contributed by atoms with Crippen LogP contribution in [-0.2, 0) is 0 Å². The van der Waals surface area contributed by atoms with Crippen LogP contribution in [0.2, 0.25) is 10.0 Å². The SMILES string of the molecule is O=C1c2cccc3cccc(c23)C(=O)N1CCN(C(=O)c1cc(Cl)cc(Cl)c1)c1ccccc1. The summed E-state index contributed by atoms with van der Waals surface area (Å²) in [4.78, 5) is 42.7. The van der Waals surface area contributed by atoms with Crippen LogP contribution in [0.4, 0.5) is 5.69 Å². The third-order valence-corrected chi connectivity index (χ3v) is 6.26. The number of hydrogen-bond acceptors (Lipinski definition) is 3. The molecule has 168 valence electrons. The maximum absolute atomic E-state index is 13.5. The molecule has 0 bridgehead atoms. The minimum Gasteiger partial charge on any atom is -0.307 e. The molecule has 1 heterocycles. The Morgan fingerprint density at radius 3 is 1.94 bits per heavy atom. The second-order valence-corrected chi connectivity index (χ2v) is 8.79. The molecular formula is C27H18Cl2N2O3. The van der Waals surface area contributed by atoms with Gasteiger partial charge in [0.2, 0.25) is 0 Å². The van der Waals surface area contributed by atoms with Crippen LogP contribution in [0.1, 0.15) is 31.1 Å². The number of halogens is 2. The van der Waals surface area contributed by atoms with E-state index in [2.05, 4.69) is 0 Å². The average molecular weight is 489 g/mol. The fourth-order valence-electron chi connectivity index (χ4n) is 4.27. The van der Waals surface area contributed by atoms with E-state index in [-0.39, 0.29) is 30.8 Å². The van der Waals surface area contributed by atoms with Crippen molar-refractivity contribution in [2.45, 2.75) is 0 Å². The van der Waals surface area contributed by atoms with E-state index in [4.69, 9.17) is 23.2 Å². The number of carbonyl (C=O) groups is 3. The highest BCUT2D eigenvalue weighted by molar-refractivity contribution is 6.35. The van der Waals surface area contributed by atoms with E-state index in [1.54, 1.807) is 54.6 Å². The number of amides is 3. The van der Waals surface area contributed by atoms with Crippen molar-refractivity contribution in [3.05, 3.63) is 112 Å². The van der Waals surface area contributed by atoms with E-state index in [0.717, 1.165) is 5.39 Å². The summed E-state index contributed by atoms with van der Waals surface area (Å²) in [7, 11) is 0. The van der Waals surface area contributed by atoms with Crippen LogP contribution in [0.3, 0.4) is 0 Å². The number of anilines is 1. The number of nitrogens with zero attached hydrogens (tertiary/aromatic N) is 2. The van der Waals surface area contributed by atoms with Gasteiger partial charge in [0.1, 0.15) is 0 Å². The maximum Gasteiger partial charge on any atom is 0.261 e. The predicted octanol–water partition coefficient (Wildman–Crippen LogP) is 6.09. The van der Waals surface area contributed by atoms with Crippen molar-refractivity contribution in [3.8, 4) is 0 Å². The highest BCUT2D eigenvalue weighted by atomic mass is 35.5. The molecule has 0 aromatic heterocycles. The first kappa shape index (κ1) is 22.1. The van der Waals surface area contributed by atoms with Crippen molar-refractivity contribution in [1.82, 2.24) is 4.90 Å². The van der Waals surface area contributed by atoms with Crippen LogP contribution in [0.15, 0.2) is 84.9 Å². The fraction of sp³-hybridized carbons (Fsp3) is 0.0741. The second kappa shape index (κ2) is 8.93. The molecule has 3 amide bonds. The minimum absolute atomic E-state index is 0.0251. The van der Waals surface area contributed by atoms with Gasteiger partial charge in [0.15, 0.2) is 0 Å². The summed E-state index contributed by atoms with van der Waals surface area (Å²) in [5.74, 6) is -1.09. The van der Waals surface area contributed by atoms with Crippen LogP contribution >= 0.6 is 23.2 Å². The molecule has 1 aliphatic heterocycles. The molecule has 0 unspecified atom stereocenters. The van der Waals surface area contributed by atoms with Crippen molar-refractivity contribution >= 4 is 57.4 Å². The first-order valence-corrected chi connectivity index (χ1v) is 11.4. The lowest BCUT2D eigenvalue weighted by Gasteiger charge is -2.30. The topological polar surface area (TPSA) is 57.7 Å². The van der Waals surface area contributed by atoms with Gasteiger partial charge in [-0.3, -0.25) is 19.3 Å². The lowest BCUT2D eigenvalue weighted by molar-refractivity contribution is 0.0611. The minimum atomic E-state index is -0.374. The van der Waals surface area contributed by atoms with Gasteiger partial charge in [-0.15, -0.1) is 0 Å². The summed E-state index contributed by atoms with van der Waals surface area (Å²) in [5.41, 5.74) is 1.90. The summed E-state index contributed by atoms with van der Waals surface area (Å²) < 4.78 is 0. The van der Waals surface area contributed by atoms with Crippen molar-refractivity contribution in [2.75, 3.05) is 18.0 Å². The number of rotatable bonds is 5. The first-order valence-electron chi connectivity index (χ1n) is 10.6. The molecule has 0 saturated heterocycles. The Morgan fingerprint density at radius 1 is 0.765 bits per heavy atom. The summed E-state index contributed by atoms with van der Waals surface area (Å²) in [5, 5.41) is 2.20. The maximum atomic E-state index is 13.5. The molecule has 0 atom stereocenters. The van der Waals surface area contributed by atoms with E-state index < -0.39 is 0 Å². The smallest absolute Gasteiger partial charge is 0.261 e. The molecular weight excluding hydrogens is 471 g/mol. The molecule has 4 aromatic carbocycles. The van der Waals surface area contributed by atoms with E-state index in [1.807, 2.05) is 30.3 Å². The van der Waals surface area contributed by atoms with Crippen molar-refractivity contribution < 1.29 is 14.4 Å². The first-order chi connectivity index (χ1) is 16.4. The monoisotopic (exact) mass is 488 g/mol. The molecule has 7 heteroatoms. The summed E-state index contributed by atoms with van der Waals surface area (Å²) in [6.07, 6.45) is 0.